The first kappa shape index (κ1) is 15.1. The zero-order valence-electron chi connectivity index (χ0n) is 11.2. The number of rotatable bonds is 1. The Morgan fingerprint density at radius 1 is 1.22 bits per heavy atom. The highest BCUT2D eigenvalue weighted by molar-refractivity contribution is 5.33. The molecule has 1 aliphatic heterocycles. The van der Waals surface area contributed by atoms with Crippen LogP contribution in [-0.4, -0.2) is 19.1 Å². The van der Waals surface area contributed by atoms with E-state index in [9.17, 15) is 0 Å². The van der Waals surface area contributed by atoms with E-state index >= 15 is 0 Å². The van der Waals surface area contributed by atoms with Crippen LogP contribution in [0.15, 0.2) is 30.3 Å². The summed E-state index contributed by atoms with van der Waals surface area (Å²) in [7, 11) is 0. The van der Waals surface area contributed by atoms with Gasteiger partial charge in [0.25, 0.3) is 0 Å². The summed E-state index contributed by atoms with van der Waals surface area (Å²) in [6.45, 7) is 7.01. The van der Waals surface area contributed by atoms with Crippen LogP contribution in [0.3, 0.4) is 0 Å². The fourth-order valence-corrected chi connectivity index (χ4v) is 2.56. The summed E-state index contributed by atoms with van der Waals surface area (Å²) in [4.78, 5) is 1.66. The lowest BCUT2D eigenvalue weighted by Crippen LogP contribution is -3.16. The number of hydrogen-bond donors (Lipinski definition) is 1. The van der Waals surface area contributed by atoms with Crippen molar-refractivity contribution in [1.29, 1.82) is 0 Å². The molecule has 0 aliphatic carbocycles. The molecule has 2 rings (SSSR count). The van der Waals surface area contributed by atoms with Crippen LogP contribution in [0.1, 0.15) is 32.3 Å². The maximum atomic E-state index is 3.34. The Bertz CT molecular complexity index is 404. The van der Waals surface area contributed by atoms with Gasteiger partial charge in [0.15, 0.2) is 0 Å². The minimum atomic E-state index is 0. The van der Waals surface area contributed by atoms with E-state index in [4.69, 9.17) is 0 Å². The molecule has 0 radical (unpaired) electrons. The summed E-state index contributed by atoms with van der Waals surface area (Å²) in [5, 5.41) is 0. The first-order valence-corrected chi connectivity index (χ1v) is 6.66. The number of quaternary nitrogens is 1. The molecule has 0 spiro atoms. The second-order valence-corrected chi connectivity index (χ2v) is 5.16. The first-order valence-electron chi connectivity index (χ1n) is 6.66. The number of hydrogen-bond acceptors (Lipinski definition) is 0. The molecule has 1 unspecified atom stereocenters. The monoisotopic (exact) mass is 263 g/mol. The Kier molecular flexibility index (Phi) is 6.25. The zero-order chi connectivity index (χ0) is 12.1. The van der Waals surface area contributed by atoms with Gasteiger partial charge in [0.1, 0.15) is 6.54 Å². The van der Waals surface area contributed by atoms with Gasteiger partial charge in [-0.1, -0.05) is 31.0 Å². The lowest BCUT2D eigenvalue weighted by atomic mass is 9.92. The molecule has 0 amide bonds. The number of halogens is 1. The molecule has 1 heterocycles. The summed E-state index contributed by atoms with van der Waals surface area (Å²) in [6, 6.07) is 11.0. The molecule has 18 heavy (non-hydrogen) atoms. The molecule has 1 saturated heterocycles. The summed E-state index contributed by atoms with van der Waals surface area (Å²) in [5.74, 6) is 7.44. The van der Waals surface area contributed by atoms with Crippen LogP contribution < -0.4 is 17.3 Å². The maximum absolute atomic E-state index is 3.34. The standard InChI is InChI=1S/C16H21N.ClH/c1-14-8-6-12-17(15(14)2)13-7-11-16-9-4-3-5-10-16;/h3-5,9-10,14-15H,6,8,12-13H2,1-2H3;1H/t14-,15-;/m0./s1. The van der Waals surface area contributed by atoms with Crippen LogP contribution in [0.5, 0.6) is 0 Å². The van der Waals surface area contributed by atoms with E-state index in [0.29, 0.717) is 0 Å². The van der Waals surface area contributed by atoms with E-state index < -0.39 is 0 Å². The van der Waals surface area contributed by atoms with Gasteiger partial charge in [0.2, 0.25) is 0 Å². The van der Waals surface area contributed by atoms with E-state index in [2.05, 4.69) is 37.8 Å². The molecule has 2 heteroatoms. The van der Waals surface area contributed by atoms with Gasteiger partial charge in [-0.2, -0.15) is 0 Å². The highest BCUT2D eigenvalue weighted by atomic mass is 35.5. The summed E-state index contributed by atoms with van der Waals surface area (Å²) in [6.07, 6.45) is 2.74. The average Bonchev–Trinajstić information content (AvgIpc) is 2.36. The van der Waals surface area contributed by atoms with Gasteiger partial charge in [0, 0.05) is 11.5 Å². The van der Waals surface area contributed by atoms with E-state index in [1.54, 1.807) is 4.90 Å². The van der Waals surface area contributed by atoms with Crippen molar-refractivity contribution in [2.24, 2.45) is 5.92 Å². The van der Waals surface area contributed by atoms with Gasteiger partial charge >= 0.3 is 0 Å². The molecule has 1 nitrogen and oxygen atoms in total. The fraction of sp³-hybridized carbons (Fsp3) is 0.500. The van der Waals surface area contributed by atoms with Crippen molar-refractivity contribution in [3.63, 3.8) is 0 Å². The Morgan fingerprint density at radius 2 is 1.94 bits per heavy atom. The average molecular weight is 264 g/mol. The molecule has 1 N–H and O–H groups in total. The van der Waals surface area contributed by atoms with Crippen molar-refractivity contribution in [2.45, 2.75) is 32.7 Å². The highest BCUT2D eigenvalue weighted by Crippen LogP contribution is 2.11. The maximum Gasteiger partial charge on any atom is 0.139 e. The molecule has 1 aromatic carbocycles. The van der Waals surface area contributed by atoms with Crippen LogP contribution in [-0.2, 0) is 0 Å². The number of nitrogens with one attached hydrogen (secondary N) is 1. The van der Waals surface area contributed by atoms with E-state index in [-0.39, 0.29) is 12.4 Å². The van der Waals surface area contributed by atoms with E-state index in [0.717, 1.165) is 24.1 Å². The van der Waals surface area contributed by atoms with Crippen LogP contribution >= 0.6 is 0 Å². The Labute approximate surface area is 117 Å². The van der Waals surface area contributed by atoms with Gasteiger partial charge in [-0.05, 0) is 37.8 Å². The summed E-state index contributed by atoms with van der Waals surface area (Å²) in [5.41, 5.74) is 1.13. The zero-order valence-corrected chi connectivity index (χ0v) is 12.0. The first-order chi connectivity index (χ1) is 8.27. The van der Waals surface area contributed by atoms with E-state index in [1.165, 1.54) is 19.4 Å². The quantitative estimate of drug-likeness (QED) is 0.604. The Balaban J connectivity index is 0.00000162. The third-order valence-electron chi connectivity index (χ3n) is 3.98. The largest absolute Gasteiger partial charge is 1.00 e. The molecular weight excluding hydrogens is 242 g/mol. The molecule has 3 atom stereocenters. The predicted molar refractivity (Wildman–Crippen MR) is 71.9 cm³/mol. The summed E-state index contributed by atoms with van der Waals surface area (Å²) >= 11 is 0. The van der Waals surface area contributed by atoms with Crippen molar-refractivity contribution in [2.75, 3.05) is 13.1 Å². The molecule has 0 aromatic heterocycles. The van der Waals surface area contributed by atoms with Gasteiger partial charge in [-0.25, -0.2) is 0 Å². The molecular formula is C16H22ClN. The second kappa shape index (κ2) is 7.46. The predicted octanol–water partition coefficient (Wildman–Crippen LogP) is -1.25. The van der Waals surface area contributed by atoms with Gasteiger partial charge in [-0.15, -0.1) is 0 Å². The topological polar surface area (TPSA) is 4.44 Å². The molecule has 0 bridgehead atoms. The molecule has 98 valence electrons. The summed E-state index contributed by atoms with van der Waals surface area (Å²) < 4.78 is 0. The van der Waals surface area contributed by atoms with Crippen molar-refractivity contribution < 1.29 is 17.3 Å². The van der Waals surface area contributed by atoms with Gasteiger partial charge in [-0.3, -0.25) is 0 Å². The van der Waals surface area contributed by atoms with Crippen LogP contribution in [0.2, 0.25) is 0 Å². The van der Waals surface area contributed by atoms with Gasteiger partial charge < -0.3 is 17.3 Å². The fourth-order valence-electron chi connectivity index (χ4n) is 2.56. The number of likely N-dealkylation sites (tertiary alicyclic amines) is 1. The minimum absolute atomic E-state index is 0. The SMILES string of the molecule is C[C@H]1CCC[NH+](CC#Cc2ccccc2)[C@H]1C.[Cl-]. The minimum Gasteiger partial charge on any atom is -1.00 e. The lowest BCUT2D eigenvalue weighted by Gasteiger charge is -2.33. The van der Waals surface area contributed by atoms with Crippen LogP contribution in [0.25, 0.3) is 0 Å². The molecule has 1 aromatic rings. The van der Waals surface area contributed by atoms with Crippen molar-refractivity contribution in [1.82, 2.24) is 0 Å². The molecule has 1 fully saturated rings. The third kappa shape index (κ3) is 4.05. The van der Waals surface area contributed by atoms with Crippen molar-refractivity contribution in [3.05, 3.63) is 35.9 Å². The highest BCUT2D eigenvalue weighted by Gasteiger charge is 2.27. The Hall–Kier alpha value is -0.970. The smallest absolute Gasteiger partial charge is 0.139 e. The van der Waals surface area contributed by atoms with E-state index in [1.807, 2.05) is 18.2 Å². The normalized spacial score (nSPS) is 26.7. The van der Waals surface area contributed by atoms with Gasteiger partial charge in [0.05, 0.1) is 12.6 Å². The molecule has 1 aliphatic rings. The Morgan fingerprint density at radius 3 is 2.67 bits per heavy atom. The lowest BCUT2D eigenvalue weighted by molar-refractivity contribution is -0.925. The van der Waals surface area contributed by atoms with Crippen LogP contribution in [0, 0.1) is 17.8 Å². The van der Waals surface area contributed by atoms with Crippen molar-refractivity contribution >= 4 is 0 Å². The molecule has 0 saturated carbocycles. The second-order valence-electron chi connectivity index (χ2n) is 5.16. The number of piperidine rings is 1. The van der Waals surface area contributed by atoms with Crippen molar-refractivity contribution in [3.8, 4) is 11.8 Å². The number of benzene rings is 1. The van der Waals surface area contributed by atoms with Crippen LogP contribution in [0.4, 0.5) is 0 Å². The third-order valence-corrected chi connectivity index (χ3v) is 3.98.